The lowest BCUT2D eigenvalue weighted by Crippen LogP contribution is -2.25. The molecule has 1 aromatic heterocycles. The number of hydrogen-bond donors (Lipinski definition) is 2. The fourth-order valence-corrected chi connectivity index (χ4v) is 1.48. The van der Waals surface area contributed by atoms with Crippen molar-refractivity contribution in [3.63, 3.8) is 0 Å². The lowest BCUT2D eigenvalue weighted by Gasteiger charge is -2.03. The van der Waals surface area contributed by atoms with Crippen molar-refractivity contribution in [2.75, 3.05) is 7.11 Å². The molecule has 82 valence electrons. The lowest BCUT2D eigenvalue weighted by atomic mass is 10.1. The maximum Gasteiger partial charge on any atom is 0.291 e. The number of fused-ring (bicyclic) bond motifs is 1. The Morgan fingerprint density at radius 1 is 1.38 bits per heavy atom. The third kappa shape index (κ3) is 1.80. The Morgan fingerprint density at radius 2 is 2.12 bits per heavy atom. The number of benzene rings is 1. The van der Waals surface area contributed by atoms with Crippen LogP contribution in [0.3, 0.4) is 0 Å². The average Bonchev–Trinajstić information content (AvgIpc) is 2.29. The number of rotatable bonds is 2. The van der Waals surface area contributed by atoms with Crippen LogP contribution < -0.4 is 11.0 Å². The van der Waals surface area contributed by atoms with Gasteiger partial charge >= 0.3 is 0 Å². The van der Waals surface area contributed by atoms with Gasteiger partial charge in [0.15, 0.2) is 0 Å². The van der Waals surface area contributed by atoms with Crippen molar-refractivity contribution in [1.82, 2.24) is 10.5 Å². The predicted molar refractivity (Wildman–Crippen MR) is 59.0 cm³/mol. The fraction of sp³-hybridized carbons (Fsp3) is 0.0909. The first-order valence-corrected chi connectivity index (χ1v) is 4.68. The van der Waals surface area contributed by atoms with Gasteiger partial charge < -0.3 is 4.98 Å². The monoisotopic (exact) mass is 218 g/mol. The standard InChI is InChI=1S/C11H10N2O3/c1-16-13-11(15)9-6-7-4-2-3-5-8(7)10(14)12-9/h2-6H,1H3,(H,12,14)(H,13,15). The number of carbonyl (C=O) groups is 1. The molecule has 0 aliphatic heterocycles. The minimum atomic E-state index is -0.481. The van der Waals surface area contributed by atoms with Crippen LogP contribution in [0.2, 0.25) is 0 Å². The summed E-state index contributed by atoms with van der Waals surface area (Å²) in [6.45, 7) is 0. The number of H-pyrrole nitrogens is 1. The molecular weight excluding hydrogens is 208 g/mol. The summed E-state index contributed by atoms with van der Waals surface area (Å²) >= 11 is 0. The van der Waals surface area contributed by atoms with Crippen LogP contribution in [0.4, 0.5) is 0 Å². The van der Waals surface area contributed by atoms with Gasteiger partial charge in [-0.15, -0.1) is 0 Å². The minimum absolute atomic E-state index is 0.172. The summed E-state index contributed by atoms with van der Waals surface area (Å²) in [5.74, 6) is -0.481. The smallest absolute Gasteiger partial charge is 0.291 e. The van der Waals surface area contributed by atoms with Crippen LogP contribution in [0, 0.1) is 0 Å². The SMILES string of the molecule is CONC(=O)c1cc2ccccc2c(=O)[nH]1. The highest BCUT2D eigenvalue weighted by Gasteiger charge is 2.08. The van der Waals surface area contributed by atoms with Crippen molar-refractivity contribution in [3.05, 3.63) is 46.4 Å². The number of pyridine rings is 1. The number of aromatic nitrogens is 1. The van der Waals surface area contributed by atoms with Crippen molar-refractivity contribution < 1.29 is 9.63 Å². The molecule has 1 amide bonds. The zero-order valence-electron chi connectivity index (χ0n) is 8.61. The highest BCUT2D eigenvalue weighted by atomic mass is 16.6. The molecule has 0 fully saturated rings. The van der Waals surface area contributed by atoms with Gasteiger partial charge in [0.2, 0.25) is 0 Å². The normalized spacial score (nSPS) is 10.3. The summed E-state index contributed by atoms with van der Waals surface area (Å²) in [5, 5.41) is 1.27. The number of hydrogen-bond acceptors (Lipinski definition) is 3. The van der Waals surface area contributed by atoms with E-state index in [0.29, 0.717) is 10.8 Å². The van der Waals surface area contributed by atoms with E-state index in [2.05, 4.69) is 15.3 Å². The van der Waals surface area contributed by atoms with Gasteiger partial charge in [-0.3, -0.25) is 14.4 Å². The molecule has 2 N–H and O–H groups in total. The van der Waals surface area contributed by atoms with Gasteiger partial charge in [0.05, 0.1) is 7.11 Å². The molecule has 2 aromatic rings. The van der Waals surface area contributed by atoms with E-state index >= 15 is 0 Å². The molecule has 0 radical (unpaired) electrons. The van der Waals surface area contributed by atoms with E-state index in [0.717, 1.165) is 0 Å². The van der Waals surface area contributed by atoms with Crippen LogP contribution in [0.15, 0.2) is 35.1 Å². The topological polar surface area (TPSA) is 71.2 Å². The Balaban J connectivity index is 2.58. The lowest BCUT2D eigenvalue weighted by molar-refractivity contribution is 0.0532. The van der Waals surface area contributed by atoms with Crippen LogP contribution >= 0.6 is 0 Å². The highest BCUT2D eigenvalue weighted by Crippen LogP contribution is 2.09. The molecule has 0 saturated carbocycles. The molecule has 0 saturated heterocycles. The number of hydroxylamine groups is 1. The zero-order chi connectivity index (χ0) is 11.5. The van der Waals surface area contributed by atoms with E-state index in [1.54, 1.807) is 30.3 Å². The Hall–Kier alpha value is -2.14. The van der Waals surface area contributed by atoms with E-state index in [-0.39, 0.29) is 11.3 Å². The summed E-state index contributed by atoms with van der Waals surface area (Å²) < 4.78 is 0. The highest BCUT2D eigenvalue weighted by molar-refractivity contribution is 5.95. The van der Waals surface area contributed by atoms with Gasteiger partial charge in [0, 0.05) is 5.39 Å². The van der Waals surface area contributed by atoms with Crippen molar-refractivity contribution >= 4 is 16.7 Å². The van der Waals surface area contributed by atoms with Gasteiger partial charge in [-0.25, -0.2) is 5.48 Å². The second-order valence-electron chi connectivity index (χ2n) is 3.23. The van der Waals surface area contributed by atoms with Crippen LogP contribution in [-0.2, 0) is 4.84 Å². The Kier molecular flexibility index (Phi) is 2.70. The van der Waals surface area contributed by atoms with Crippen LogP contribution in [0.25, 0.3) is 10.8 Å². The van der Waals surface area contributed by atoms with Crippen LogP contribution in [0.5, 0.6) is 0 Å². The first-order chi connectivity index (χ1) is 7.72. The Labute approximate surface area is 91.0 Å². The number of carbonyl (C=O) groups excluding carboxylic acids is 1. The molecule has 0 spiro atoms. The predicted octanol–water partition coefficient (Wildman–Crippen LogP) is 0.819. The second kappa shape index (κ2) is 4.16. The van der Waals surface area contributed by atoms with Gasteiger partial charge in [0.25, 0.3) is 11.5 Å². The molecule has 16 heavy (non-hydrogen) atoms. The van der Waals surface area contributed by atoms with E-state index in [1.807, 2.05) is 0 Å². The van der Waals surface area contributed by atoms with E-state index < -0.39 is 5.91 Å². The largest absolute Gasteiger partial charge is 0.317 e. The van der Waals surface area contributed by atoms with Gasteiger partial charge in [-0.2, -0.15) is 0 Å². The summed E-state index contributed by atoms with van der Waals surface area (Å²) in [6.07, 6.45) is 0. The molecular formula is C11H10N2O3. The van der Waals surface area contributed by atoms with Crippen molar-refractivity contribution in [1.29, 1.82) is 0 Å². The average molecular weight is 218 g/mol. The summed E-state index contributed by atoms with van der Waals surface area (Å²) in [4.78, 5) is 30.0. The Morgan fingerprint density at radius 3 is 2.88 bits per heavy atom. The summed E-state index contributed by atoms with van der Waals surface area (Å²) in [7, 11) is 1.33. The second-order valence-corrected chi connectivity index (χ2v) is 3.23. The molecule has 0 bridgehead atoms. The first-order valence-electron chi connectivity index (χ1n) is 4.68. The maximum absolute atomic E-state index is 11.6. The molecule has 0 unspecified atom stereocenters. The van der Waals surface area contributed by atoms with E-state index in [4.69, 9.17) is 0 Å². The molecule has 0 atom stereocenters. The van der Waals surface area contributed by atoms with Gasteiger partial charge in [0.1, 0.15) is 5.69 Å². The fourth-order valence-electron chi connectivity index (χ4n) is 1.48. The molecule has 5 nitrogen and oxygen atoms in total. The number of nitrogens with one attached hydrogen (secondary N) is 2. The molecule has 1 heterocycles. The minimum Gasteiger partial charge on any atom is -0.317 e. The van der Waals surface area contributed by atoms with E-state index in [9.17, 15) is 9.59 Å². The van der Waals surface area contributed by atoms with E-state index in [1.165, 1.54) is 7.11 Å². The first kappa shape index (κ1) is 10.4. The van der Waals surface area contributed by atoms with Gasteiger partial charge in [-0.1, -0.05) is 18.2 Å². The molecule has 1 aromatic carbocycles. The third-order valence-electron chi connectivity index (χ3n) is 2.19. The molecule has 2 rings (SSSR count). The third-order valence-corrected chi connectivity index (χ3v) is 2.19. The number of aromatic amines is 1. The molecule has 5 heteroatoms. The van der Waals surface area contributed by atoms with Crippen molar-refractivity contribution in [2.24, 2.45) is 0 Å². The Bertz CT molecular complexity index is 589. The molecule has 0 aliphatic rings. The van der Waals surface area contributed by atoms with Crippen LogP contribution in [0.1, 0.15) is 10.5 Å². The zero-order valence-corrected chi connectivity index (χ0v) is 8.61. The van der Waals surface area contributed by atoms with Gasteiger partial charge in [-0.05, 0) is 17.5 Å². The number of amides is 1. The molecule has 0 aliphatic carbocycles. The quantitative estimate of drug-likeness (QED) is 0.733. The van der Waals surface area contributed by atoms with Crippen molar-refractivity contribution in [2.45, 2.75) is 0 Å². The summed E-state index contributed by atoms with van der Waals surface area (Å²) in [5.41, 5.74) is 2.02. The maximum atomic E-state index is 11.6. The van der Waals surface area contributed by atoms with Crippen LogP contribution in [-0.4, -0.2) is 18.0 Å². The van der Waals surface area contributed by atoms with Crippen molar-refractivity contribution in [3.8, 4) is 0 Å². The summed E-state index contributed by atoms with van der Waals surface area (Å²) in [6, 6.07) is 8.65.